The molecule has 0 fully saturated rings. The lowest BCUT2D eigenvalue weighted by Crippen LogP contribution is -2.50. The zero-order chi connectivity index (χ0) is 22.7. The zero-order valence-electron chi connectivity index (χ0n) is 16.6. The number of hydrogen-bond acceptors (Lipinski definition) is 6. The third-order valence-electron chi connectivity index (χ3n) is 5.06. The Labute approximate surface area is 173 Å². The molecule has 0 bridgehead atoms. The summed E-state index contributed by atoms with van der Waals surface area (Å²) in [5.41, 5.74) is 6.55. The van der Waals surface area contributed by atoms with Crippen molar-refractivity contribution >= 4 is 21.3 Å². The van der Waals surface area contributed by atoms with E-state index >= 15 is 0 Å². The molecule has 0 aliphatic carbocycles. The van der Waals surface area contributed by atoms with E-state index in [4.69, 9.17) is 16.5 Å². The monoisotopic (exact) mass is 439 g/mol. The van der Waals surface area contributed by atoms with Crippen LogP contribution in [0.5, 0.6) is 0 Å². The van der Waals surface area contributed by atoms with Crippen molar-refractivity contribution in [1.82, 2.24) is 4.98 Å². The minimum absolute atomic E-state index is 0.103. The van der Waals surface area contributed by atoms with Gasteiger partial charge in [0, 0.05) is 19.1 Å². The number of nitrogens with two attached hydrogens (primary N) is 2. The maximum atomic E-state index is 13.9. The number of benzene rings is 1. The number of primary amides is 1. The van der Waals surface area contributed by atoms with Crippen molar-refractivity contribution in [2.45, 2.75) is 30.6 Å². The summed E-state index contributed by atoms with van der Waals surface area (Å²) in [6, 6.07) is 6.25. The van der Waals surface area contributed by atoms with Crippen LogP contribution >= 0.6 is 0 Å². The van der Waals surface area contributed by atoms with Crippen molar-refractivity contribution in [2.75, 3.05) is 6.26 Å². The summed E-state index contributed by atoms with van der Waals surface area (Å²) in [7, 11) is -3.83. The Morgan fingerprint density at radius 1 is 1.23 bits per heavy atom. The molecule has 1 amide bonds. The molecular weight excluding hydrogens is 416 g/mol. The van der Waals surface area contributed by atoms with Crippen molar-refractivity contribution in [3.05, 3.63) is 60.4 Å². The minimum Gasteiger partial charge on any atom is -0.368 e. The van der Waals surface area contributed by atoms with Crippen LogP contribution in [-0.4, -0.2) is 36.4 Å². The van der Waals surface area contributed by atoms with E-state index < -0.39 is 38.2 Å². The Balaban J connectivity index is 2.21. The number of rotatable bonds is 9. The van der Waals surface area contributed by atoms with Crippen molar-refractivity contribution in [2.24, 2.45) is 11.6 Å². The Bertz CT molecular complexity index is 1040. The topological polar surface area (TPSA) is 125 Å². The second kappa shape index (κ2) is 8.99. The molecule has 1 heterocycles. The number of amides is 1. The van der Waals surface area contributed by atoms with Crippen LogP contribution in [0.4, 0.5) is 8.78 Å². The number of hydrogen-bond donors (Lipinski definition) is 2. The van der Waals surface area contributed by atoms with Crippen LogP contribution in [0.25, 0.3) is 16.7 Å². The Morgan fingerprint density at radius 2 is 1.77 bits per heavy atom. The third-order valence-corrected chi connectivity index (χ3v) is 7.06. The molecule has 162 valence electrons. The highest BCUT2D eigenvalue weighted by Crippen LogP contribution is 2.30. The molecule has 0 radical (unpaired) electrons. The molecule has 1 aromatic carbocycles. The van der Waals surface area contributed by atoms with Gasteiger partial charge < -0.3 is 10.6 Å². The predicted molar refractivity (Wildman–Crippen MR) is 109 cm³/mol. The van der Waals surface area contributed by atoms with Gasteiger partial charge in [0.1, 0.15) is 4.75 Å². The second-order valence-corrected chi connectivity index (χ2v) is 9.64. The van der Waals surface area contributed by atoms with Crippen molar-refractivity contribution < 1.29 is 26.8 Å². The van der Waals surface area contributed by atoms with E-state index in [1.807, 2.05) is 0 Å². The van der Waals surface area contributed by atoms with Gasteiger partial charge in [-0.05, 0) is 23.6 Å². The molecule has 2 atom stereocenters. The van der Waals surface area contributed by atoms with E-state index in [1.54, 1.807) is 12.1 Å². The highest BCUT2D eigenvalue weighted by molar-refractivity contribution is 7.92. The number of carbonyl (C=O) groups excluding carboxylic acids is 1. The van der Waals surface area contributed by atoms with Gasteiger partial charge in [-0.15, -0.1) is 0 Å². The van der Waals surface area contributed by atoms with Gasteiger partial charge in [0.15, 0.2) is 21.5 Å². The first kappa shape index (κ1) is 23.6. The zero-order valence-corrected chi connectivity index (χ0v) is 17.4. The normalized spacial score (nSPS) is 14.7. The third kappa shape index (κ3) is 4.89. The summed E-state index contributed by atoms with van der Waals surface area (Å²) in [6.45, 7) is 5.14. The maximum absolute atomic E-state index is 13.9. The molecule has 0 aliphatic heterocycles. The number of nitrogens with zero attached hydrogens (tertiary/aromatic N) is 1. The molecule has 30 heavy (non-hydrogen) atoms. The van der Waals surface area contributed by atoms with E-state index in [0.717, 1.165) is 18.6 Å². The molecule has 2 rings (SSSR count). The van der Waals surface area contributed by atoms with Crippen LogP contribution in [0.1, 0.15) is 25.3 Å². The molecule has 10 heteroatoms. The number of carbonyl (C=O) groups is 1. The van der Waals surface area contributed by atoms with Gasteiger partial charge in [-0.3, -0.25) is 9.78 Å². The van der Waals surface area contributed by atoms with Crippen LogP contribution in [-0.2, 0) is 19.5 Å². The lowest BCUT2D eigenvalue weighted by Gasteiger charge is -2.28. The lowest BCUT2D eigenvalue weighted by molar-refractivity contribution is -0.121. The summed E-state index contributed by atoms with van der Waals surface area (Å²) >= 11 is 0. The molecule has 0 unspecified atom stereocenters. The van der Waals surface area contributed by atoms with Crippen molar-refractivity contribution in [3.8, 4) is 11.1 Å². The lowest BCUT2D eigenvalue weighted by atomic mass is 9.93. The molecule has 7 nitrogen and oxygen atoms in total. The van der Waals surface area contributed by atoms with Gasteiger partial charge in [-0.2, -0.15) is 0 Å². The van der Waals surface area contributed by atoms with Crippen molar-refractivity contribution in [3.63, 3.8) is 0 Å². The van der Waals surface area contributed by atoms with Crippen molar-refractivity contribution in [1.29, 1.82) is 0 Å². The minimum atomic E-state index is -3.83. The number of sulfone groups is 1. The maximum Gasteiger partial charge on any atom is 0.238 e. The number of aromatic nitrogens is 1. The van der Waals surface area contributed by atoms with E-state index in [-0.39, 0.29) is 18.4 Å². The van der Waals surface area contributed by atoms with Crippen LogP contribution in [0.3, 0.4) is 0 Å². The fourth-order valence-electron chi connectivity index (χ4n) is 2.99. The van der Waals surface area contributed by atoms with E-state index in [9.17, 15) is 22.0 Å². The average molecular weight is 439 g/mol. The summed E-state index contributed by atoms with van der Waals surface area (Å²) < 4.78 is 50.0. The van der Waals surface area contributed by atoms with Gasteiger partial charge >= 0.3 is 0 Å². The molecular formula is C20H23F2N3O4S. The molecule has 4 N–H and O–H groups in total. The molecule has 2 aromatic rings. The largest absolute Gasteiger partial charge is 0.368 e. The van der Waals surface area contributed by atoms with Gasteiger partial charge in [0.25, 0.3) is 0 Å². The Morgan fingerprint density at radius 3 is 2.20 bits per heavy atom. The number of halogens is 2. The van der Waals surface area contributed by atoms with Crippen LogP contribution in [0.2, 0.25) is 0 Å². The summed E-state index contributed by atoms with van der Waals surface area (Å²) in [6.07, 6.45) is 1.74. The highest BCUT2D eigenvalue weighted by Gasteiger charge is 2.44. The molecule has 0 aliphatic rings. The summed E-state index contributed by atoms with van der Waals surface area (Å²) in [4.78, 5) is 20.1. The van der Waals surface area contributed by atoms with E-state index in [0.29, 0.717) is 16.7 Å². The second-order valence-electron chi connectivity index (χ2n) is 7.19. The van der Waals surface area contributed by atoms with Gasteiger partial charge in [0.05, 0.1) is 24.1 Å². The van der Waals surface area contributed by atoms with Gasteiger partial charge in [-0.1, -0.05) is 30.8 Å². The first-order valence-corrected chi connectivity index (χ1v) is 10.7. The molecule has 0 saturated carbocycles. The molecule has 0 spiro atoms. The Kier molecular flexibility index (Phi) is 7.06. The van der Waals surface area contributed by atoms with Crippen LogP contribution < -0.4 is 11.6 Å². The molecule has 1 aromatic heterocycles. The SMILES string of the molecule is C=C(C[C@H](C[C@](C)(C(N)=O)S(C)(=O)=O)ON)c1ccc(-c2c(F)cncc2F)cc1. The quantitative estimate of drug-likeness (QED) is 0.578. The fraction of sp³-hybridized carbons (Fsp3) is 0.300. The summed E-state index contributed by atoms with van der Waals surface area (Å²) in [5.74, 6) is 2.72. The average Bonchev–Trinajstić information content (AvgIpc) is 2.66. The smallest absolute Gasteiger partial charge is 0.238 e. The number of pyridine rings is 1. The van der Waals surface area contributed by atoms with E-state index in [1.165, 1.54) is 19.1 Å². The molecule has 0 saturated heterocycles. The summed E-state index contributed by atoms with van der Waals surface area (Å²) in [5, 5.41) is 0. The first-order chi connectivity index (χ1) is 13.9. The highest BCUT2D eigenvalue weighted by atomic mass is 32.2. The fourth-order valence-corrected chi connectivity index (χ4v) is 3.84. The van der Waals surface area contributed by atoms with Gasteiger partial charge in [0.2, 0.25) is 5.91 Å². The van der Waals surface area contributed by atoms with Crippen LogP contribution in [0.15, 0.2) is 43.2 Å². The van der Waals surface area contributed by atoms with E-state index in [2.05, 4.69) is 11.6 Å². The standard InChI is InChI=1S/C20H23F2N3O4S/c1-12(8-15(29-24)9-20(2,19(23)26)30(3,27)28)13-4-6-14(7-5-13)18-16(21)10-25-11-17(18)22/h4-7,10-11,15H,1,8-9,24H2,2-3H3,(H2,23,26)/t15-,20-/m1/s1. The van der Waals surface area contributed by atoms with Crippen LogP contribution in [0, 0.1) is 11.6 Å². The van der Waals surface area contributed by atoms with Gasteiger partial charge in [-0.25, -0.2) is 23.1 Å². The Hall–Kier alpha value is -2.69. The predicted octanol–water partition coefficient (Wildman–Crippen LogP) is 2.37. The first-order valence-electron chi connectivity index (χ1n) is 8.83.